The van der Waals surface area contributed by atoms with Gasteiger partial charge in [-0.2, -0.15) is 0 Å². The average molecular weight is 1880 g/mol. The normalized spacial score (nSPS) is 13.8. The van der Waals surface area contributed by atoms with Crippen LogP contribution in [-0.2, 0) is 112 Å². The van der Waals surface area contributed by atoms with Crippen molar-refractivity contribution in [1.82, 2.24) is 34.7 Å². The van der Waals surface area contributed by atoms with Gasteiger partial charge in [-0.1, -0.05) is 325 Å². The molecule has 4 amide bonds. The summed E-state index contributed by atoms with van der Waals surface area (Å²) in [4.78, 5) is 41.8. The van der Waals surface area contributed by atoms with E-state index in [1.54, 1.807) is 134 Å². The number of fused-ring (bicyclic) bond motifs is 8. The molecule has 11 heteroatoms. The first kappa shape index (κ1) is 126. The lowest BCUT2D eigenvalue weighted by Gasteiger charge is -2.18. The number of primary amides is 1. The number of hydrogen-bond donors (Lipinski definition) is 2. The van der Waals surface area contributed by atoms with Crippen molar-refractivity contribution in [3.8, 4) is 0 Å². The molecule has 0 radical (unpaired) electrons. The van der Waals surface area contributed by atoms with E-state index >= 15 is 0 Å². The zero-order valence-electron chi connectivity index (χ0n) is 94.2. The second-order valence-corrected chi connectivity index (χ2v) is 38.8. The Morgan fingerprint density at radius 1 is 0.217 bits per heavy atom. The van der Waals surface area contributed by atoms with Gasteiger partial charge in [-0.3, -0.25) is 9.59 Å². The molecule has 0 saturated heterocycles. The van der Waals surface area contributed by atoms with E-state index in [0.29, 0.717) is 6.54 Å². The van der Waals surface area contributed by atoms with Crippen LogP contribution < -0.4 is 11.1 Å². The maximum atomic E-state index is 10.3. The predicted octanol–water partition coefficient (Wildman–Crippen LogP) is 28.9. The maximum Gasteiger partial charge on any atom is 0.314 e. The molecule has 758 valence electrons. The molecular formula is C127H192N8O3. The van der Waals surface area contributed by atoms with Gasteiger partial charge in [0.2, 0.25) is 11.8 Å². The number of nitrogens with two attached hydrogens (primary N) is 1. The zero-order valence-corrected chi connectivity index (χ0v) is 94.2. The minimum absolute atomic E-state index is 0.127. The number of carbonyl (C=O) groups is 3. The minimum Gasteiger partial charge on any atom is -0.352 e. The quantitative estimate of drug-likeness (QED) is 0.153. The van der Waals surface area contributed by atoms with Crippen molar-refractivity contribution in [1.29, 1.82) is 0 Å². The van der Waals surface area contributed by atoms with E-state index in [-0.39, 0.29) is 17.8 Å². The lowest BCUT2D eigenvalue weighted by Crippen LogP contribution is -2.31. The topological polar surface area (TPSA) is 109 Å². The number of allylic oxidation sites excluding steroid dienone is 16. The first-order valence-electron chi connectivity index (χ1n) is 51.2. The van der Waals surface area contributed by atoms with E-state index in [4.69, 9.17) is 5.73 Å². The van der Waals surface area contributed by atoms with Gasteiger partial charge in [0.25, 0.3) is 0 Å². The van der Waals surface area contributed by atoms with Crippen molar-refractivity contribution in [3.05, 3.63) is 372 Å². The molecule has 8 aromatic carbocycles. The van der Waals surface area contributed by atoms with Crippen molar-refractivity contribution in [2.75, 3.05) is 116 Å². The number of nitrogens with zero attached hydrogens (tertiary/aromatic N) is 6. The molecule has 8 aliphatic rings. The van der Waals surface area contributed by atoms with Crippen molar-refractivity contribution < 1.29 is 14.4 Å². The molecule has 11 nitrogen and oxygen atoms in total. The Hall–Kier alpha value is -10.3. The summed E-state index contributed by atoms with van der Waals surface area (Å²) in [7, 11) is 19.5. The first-order valence-corrected chi connectivity index (χ1v) is 51.2. The van der Waals surface area contributed by atoms with Gasteiger partial charge in [-0.25, -0.2) is 4.79 Å². The highest BCUT2D eigenvalue weighted by atomic mass is 16.2. The largest absolute Gasteiger partial charge is 0.352 e. The standard InChI is InChI=1S/8C12H14.2C5H11NO.C4H10N2O.3C4H11N.C3H9N.C2H6/c8*1-9-7-11-5-3-4-6-12(11)8-10(9)2;2*1-4-6(3)5(2)7;1-3-6(2)4(5)7;3*1-4-5(2)3;1-3-4-2;1-2/h8*3-6H,7-8H2,1-2H3;2*4H2,1-3H3;3H2,1-2H3,(H2,5,7);3*4H2,1-3H3;4H,3H2,1-2H3;1-2H3. The van der Waals surface area contributed by atoms with Crippen LogP contribution in [0, 0.1) is 0 Å². The number of nitrogens with one attached hydrogen (secondary N) is 1. The summed E-state index contributed by atoms with van der Waals surface area (Å²) in [6.07, 6.45) is 18.5. The molecule has 0 saturated carbocycles. The molecule has 3 N–H and O–H groups in total. The summed E-state index contributed by atoms with van der Waals surface area (Å²) >= 11 is 0. The second kappa shape index (κ2) is 70.4. The average Bonchev–Trinajstić information content (AvgIpc) is 0.877. The van der Waals surface area contributed by atoms with Gasteiger partial charge < -0.3 is 40.4 Å². The fourth-order valence-corrected chi connectivity index (χ4v) is 14.8. The minimum atomic E-state index is -0.373. The highest BCUT2D eigenvalue weighted by molar-refractivity contribution is 5.73. The van der Waals surface area contributed by atoms with Crippen LogP contribution in [0.1, 0.15) is 276 Å². The van der Waals surface area contributed by atoms with Crippen molar-refractivity contribution in [2.45, 2.75) is 290 Å². The summed E-state index contributed by atoms with van der Waals surface area (Å²) in [6, 6.07) is 69.6. The molecule has 16 rings (SSSR count). The van der Waals surface area contributed by atoms with Crippen LogP contribution in [0.3, 0.4) is 0 Å². The van der Waals surface area contributed by atoms with E-state index in [1.807, 2.05) is 41.7 Å². The van der Waals surface area contributed by atoms with E-state index in [0.717, 1.165) is 142 Å². The summed E-state index contributed by atoms with van der Waals surface area (Å²) in [5.41, 5.74) is 53.9. The SMILES string of the molecule is CC.CC1=C(C)Cc2ccccc2C1.CC1=C(C)Cc2ccccc2C1.CC1=C(C)Cc2ccccc2C1.CC1=C(C)Cc2ccccc2C1.CC1=C(C)Cc2ccccc2C1.CC1=C(C)Cc2ccccc2C1.CC1=C(C)Cc2ccccc2C1.CC1=C(C)Cc2ccccc2C1.CCN(C)C.CCN(C)C.CCN(C)C.CCN(C)C(C)=O.CCN(C)C(C)=O.CCN(C)C(N)=O.CCNC. The van der Waals surface area contributed by atoms with E-state index < -0.39 is 0 Å². The highest BCUT2D eigenvalue weighted by Crippen LogP contribution is 2.32. The van der Waals surface area contributed by atoms with Crippen LogP contribution in [0.2, 0.25) is 0 Å². The molecule has 138 heavy (non-hydrogen) atoms. The van der Waals surface area contributed by atoms with Crippen LogP contribution in [0.4, 0.5) is 4.79 Å². The number of urea groups is 1. The number of carbonyl (C=O) groups excluding carboxylic acids is 3. The first-order chi connectivity index (χ1) is 65.4. The van der Waals surface area contributed by atoms with Crippen LogP contribution in [0.25, 0.3) is 0 Å². The van der Waals surface area contributed by atoms with Crippen molar-refractivity contribution in [3.63, 3.8) is 0 Å². The smallest absolute Gasteiger partial charge is 0.314 e. The van der Waals surface area contributed by atoms with Gasteiger partial charge in [0.05, 0.1) is 0 Å². The summed E-state index contributed by atoms with van der Waals surface area (Å²) < 4.78 is 0. The van der Waals surface area contributed by atoms with Crippen LogP contribution in [0.15, 0.2) is 283 Å². The highest BCUT2D eigenvalue weighted by Gasteiger charge is 2.19. The lowest BCUT2D eigenvalue weighted by atomic mass is 9.88. The van der Waals surface area contributed by atoms with E-state index in [1.165, 1.54) is 93.9 Å². The molecule has 8 aromatic rings. The number of amides is 4. The Kier molecular flexibility index (Phi) is 64.1. The van der Waals surface area contributed by atoms with Crippen LogP contribution in [0.5, 0.6) is 0 Å². The summed E-state index contributed by atoms with van der Waals surface area (Å²) in [6.45, 7) is 63.9. The molecular weight excluding hydrogens is 1690 g/mol. The zero-order chi connectivity index (χ0) is 104. The fourth-order valence-electron chi connectivity index (χ4n) is 14.8. The van der Waals surface area contributed by atoms with Crippen molar-refractivity contribution in [2.24, 2.45) is 5.73 Å². The van der Waals surface area contributed by atoms with Gasteiger partial charge in [-0.05, 0) is 399 Å². The number of benzene rings is 8. The monoisotopic (exact) mass is 1880 g/mol. The fraction of sp³-hybridized carbons (Fsp3) is 0.472. The molecule has 0 atom stereocenters. The second-order valence-electron chi connectivity index (χ2n) is 38.8. The Morgan fingerprint density at radius 2 is 0.304 bits per heavy atom. The lowest BCUT2D eigenvalue weighted by molar-refractivity contribution is -0.128. The van der Waals surface area contributed by atoms with Crippen LogP contribution >= 0.6 is 0 Å². The molecule has 0 fully saturated rings. The summed E-state index contributed by atoms with van der Waals surface area (Å²) in [5.74, 6) is 0.255. The van der Waals surface area contributed by atoms with Gasteiger partial charge in [0, 0.05) is 54.6 Å². The molecule has 0 spiro atoms. The Labute approximate surface area is 845 Å². The van der Waals surface area contributed by atoms with E-state index in [9.17, 15) is 14.4 Å². The van der Waals surface area contributed by atoms with Crippen LogP contribution in [-0.4, -0.2) is 164 Å². The Balaban J connectivity index is 0.000000747. The van der Waals surface area contributed by atoms with E-state index in [2.05, 4.69) is 395 Å². The molecule has 0 bridgehead atoms. The Morgan fingerprint density at radius 3 is 0.341 bits per heavy atom. The van der Waals surface area contributed by atoms with Gasteiger partial charge in [0.15, 0.2) is 0 Å². The molecule has 0 aliphatic heterocycles. The third-order valence-electron chi connectivity index (χ3n) is 27.2. The number of rotatable bonds is 7. The maximum absolute atomic E-state index is 10.3. The Bertz CT molecular complexity index is 4050. The van der Waals surface area contributed by atoms with Gasteiger partial charge in [0.1, 0.15) is 0 Å². The predicted molar refractivity (Wildman–Crippen MR) is 607 cm³/mol. The third-order valence-corrected chi connectivity index (χ3v) is 27.2. The molecule has 0 heterocycles. The number of hydrogen-bond acceptors (Lipinski definition) is 7. The van der Waals surface area contributed by atoms with Gasteiger partial charge >= 0.3 is 6.03 Å². The third kappa shape index (κ3) is 49.5. The molecule has 0 aromatic heterocycles. The molecule has 8 aliphatic carbocycles. The van der Waals surface area contributed by atoms with Gasteiger partial charge in [-0.15, -0.1) is 0 Å². The molecule has 0 unspecified atom stereocenters. The summed E-state index contributed by atoms with van der Waals surface area (Å²) in [5, 5.41) is 2.93. The van der Waals surface area contributed by atoms with Crippen molar-refractivity contribution >= 4 is 17.8 Å².